The lowest BCUT2D eigenvalue weighted by atomic mass is 9.71. The summed E-state index contributed by atoms with van der Waals surface area (Å²) in [5, 5.41) is 3.66. The first-order chi connectivity index (χ1) is 7.08. The molecular formula is C10H13BrClN3. The fraction of sp³-hybridized carbons (Fsp3) is 0.600. The molecule has 82 valence electrons. The molecule has 0 aromatic carbocycles. The third-order valence-corrected chi connectivity index (χ3v) is 3.96. The molecule has 1 aliphatic rings. The molecule has 5 heteroatoms. The predicted molar refractivity (Wildman–Crippen MR) is 65.1 cm³/mol. The van der Waals surface area contributed by atoms with Crippen LogP contribution < -0.4 is 5.32 Å². The van der Waals surface area contributed by atoms with E-state index in [2.05, 4.69) is 45.1 Å². The van der Waals surface area contributed by atoms with Crippen LogP contribution in [0.25, 0.3) is 0 Å². The van der Waals surface area contributed by atoms with Gasteiger partial charge in [-0.2, -0.15) is 4.98 Å². The van der Waals surface area contributed by atoms with Gasteiger partial charge in [-0.3, -0.25) is 0 Å². The Bertz CT molecular complexity index is 372. The van der Waals surface area contributed by atoms with Crippen molar-refractivity contribution in [2.45, 2.75) is 26.3 Å². The van der Waals surface area contributed by atoms with Gasteiger partial charge in [0.05, 0.1) is 4.47 Å². The molecule has 0 amide bonds. The number of nitrogens with zero attached hydrogens (tertiary/aromatic N) is 2. The Labute approximate surface area is 103 Å². The number of anilines is 1. The average molecular weight is 291 g/mol. The molecule has 0 radical (unpaired) electrons. The van der Waals surface area contributed by atoms with Crippen LogP contribution in [-0.2, 0) is 0 Å². The van der Waals surface area contributed by atoms with E-state index in [4.69, 9.17) is 11.6 Å². The molecule has 1 saturated carbocycles. The van der Waals surface area contributed by atoms with Crippen molar-refractivity contribution in [1.82, 2.24) is 9.97 Å². The molecule has 0 spiro atoms. The van der Waals surface area contributed by atoms with Gasteiger partial charge in [0.25, 0.3) is 0 Å². The van der Waals surface area contributed by atoms with Crippen molar-refractivity contribution in [3.05, 3.63) is 16.0 Å². The molecule has 0 aliphatic heterocycles. The highest BCUT2D eigenvalue weighted by atomic mass is 79.9. The van der Waals surface area contributed by atoms with Crippen molar-refractivity contribution in [3.63, 3.8) is 0 Å². The highest BCUT2D eigenvalue weighted by Gasteiger charge is 2.34. The van der Waals surface area contributed by atoms with Crippen LogP contribution in [0.1, 0.15) is 20.3 Å². The Kier molecular flexibility index (Phi) is 3.16. The molecule has 3 nitrogen and oxygen atoms in total. The Morgan fingerprint density at radius 2 is 2.27 bits per heavy atom. The number of aromatic nitrogens is 2. The minimum absolute atomic E-state index is 0.278. The summed E-state index contributed by atoms with van der Waals surface area (Å²) in [5.41, 5.74) is 0. The summed E-state index contributed by atoms with van der Waals surface area (Å²) in [4.78, 5) is 8.04. The van der Waals surface area contributed by atoms with Gasteiger partial charge in [-0.05, 0) is 45.8 Å². The minimum atomic E-state index is 0.278. The van der Waals surface area contributed by atoms with E-state index in [-0.39, 0.29) is 5.28 Å². The van der Waals surface area contributed by atoms with E-state index in [0.717, 1.165) is 16.2 Å². The van der Waals surface area contributed by atoms with Gasteiger partial charge in [0.2, 0.25) is 5.28 Å². The van der Waals surface area contributed by atoms with Crippen LogP contribution >= 0.6 is 27.5 Å². The van der Waals surface area contributed by atoms with Gasteiger partial charge in [-0.1, -0.05) is 13.8 Å². The fourth-order valence-electron chi connectivity index (χ4n) is 1.84. The van der Waals surface area contributed by atoms with Gasteiger partial charge in [0, 0.05) is 12.2 Å². The predicted octanol–water partition coefficient (Wildman–Crippen LogP) is 3.35. The summed E-state index contributed by atoms with van der Waals surface area (Å²) in [7, 11) is 0. The van der Waals surface area contributed by atoms with Crippen molar-refractivity contribution in [2.24, 2.45) is 11.8 Å². The zero-order chi connectivity index (χ0) is 11.0. The van der Waals surface area contributed by atoms with Crippen molar-refractivity contribution in [3.8, 4) is 0 Å². The lowest BCUT2D eigenvalue weighted by molar-refractivity contribution is 0.188. The van der Waals surface area contributed by atoms with E-state index in [1.165, 1.54) is 6.42 Å². The van der Waals surface area contributed by atoms with Gasteiger partial charge in [0.15, 0.2) is 0 Å². The second kappa shape index (κ2) is 4.26. The fourth-order valence-corrected chi connectivity index (χ4v) is 2.28. The summed E-state index contributed by atoms with van der Waals surface area (Å²) in [6, 6.07) is 0.502. The first-order valence-electron chi connectivity index (χ1n) is 5.02. The SMILES string of the molecule is CC1CC(Nc2nc(Cl)ncc2Br)C1C. The van der Waals surface area contributed by atoms with Gasteiger partial charge in [-0.15, -0.1) is 0 Å². The molecule has 1 N–H and O–H groups in total. The van der Waals surface area contributed by atoms with Crippen molar-refractivity contribution in [1.29, 1.82) is 0 Å². The van der Waals surface area contributed by atoms with Gasteiger partial charge >= 0.3 is 0 Å². The zero-order valence-electron chi connectivity index (χ0n) is 8.67. The van der Waals surface area contributed by atoms with Crippen molar-refractivity contribution in [2.75, 3.05) is 5.32 Å². The largest absolute Gasteiger partial charge is 0.366 e. The third kappa shape index (κ3) is 2.26. The van der Waals surface area contributed by atoms with E-state index in [0.29, 0.717) is 12.0 Å². The quantitative estimate of drug-likeness (QED) is 0.849. The van der Waals surface area contributed by atoms with Crippen LogP contribution in [0.2, 0.25) is 5.28 Å². The highest BCUT2D eigenvalue weighted by Crippen LogP contribution is 2.36. The molecule has 1 aromatic heterocycles. The topological polar surface area (TPSA) is 37.8 Å². The van der Waals surface area contributed by atoms with Gasteiger partial charge in [-0.25, -0.2) is 4.98 Å². The standard InChI is InChI=1S/C10H13BrClN3/c1-5-3-8(6(5)2)14-9-7(11)4-13-10(12)15-9/h4-6,8H,3H2,1-2H3,(H,13,14,15). The van der Waals surface area contributed by atoms with E-state index >= 15 is 0 Å². The van der Waals surface area contributed by atoms with Crippen LogP contribution in [0, 0.1) is 11.8 Å². The van der Waals surface area contributed by atoms with Gasteiger partial charge < -0.3 is 5.32 Å². The van der Waals surface area contributed by atoms with E-state index in [9.17, 15) is 0 Å². The van der Waals surface area contributed by atoms with Crippen molar-refractivity contribution < 1.29 is 0 Å². The zero-order valence-corrected chi connectivity index (χ0v) is 11.0. The van der Waals surface area contributed by atoms with Crippen LogP contribution in [0.15, 0.2) is 10.7 Å². The number of halogens is 2. The molecule has 15 heavy (non-hydrogen) atoms. The van der Waals surface area contributed by atoms with Crippen LogP contribution in [0.5, 0.6) is 0 Å². The maximum absolute atomic E-state index is 5.74. The van der Waals surface area contributed by atoms with Gasteiger partial charge in [0.1, 0.15) is 5.82 Å². The molecule has 1 heterocycles. The summed E-state index contributed by atoms with van der Waals surface area (Å²) >= 11 is 9.14. The Hall–Kier alpha value is -0.350. The maximum atomic E-state index is 5.74. The highest BCUT2D eigenvalue weighted by molar-refractivity contribution is 9.10. The molecule has 1 aromatic rings. The first-order valence-corrected chi connectivity index (χ1v) is 6.19. The number of rotatable bonds is 2. The summed E-state index contributed by atoms with van der Waals surface area (Å²) in [5.74, 6) is 2.27. The Morgan fingerprint density at radius 3 is 2.87 bits per heavy atom. The Morgan fingerprint density at radius 1 is 1.53 bits per heavy atom. The minimum Gasteiger partial charge on any atom is -0.366 e. The first kappa shape index (κ1) is 11.1. The third-order valence-electron chi connectivity index (χ3n) is 3.19. The lowest BCUT2D eigenvalue weighted by Crippen LogP contribution is -2.43. The Balaban J connectivity index is 2.08. The summed E-state index contributed by atoms with van der Waals surface area (Å²) in [6.45, 7) is 4.52. The van der Waals surface area contributed by atoms with Crippen molar-refractivity contribution >= 4 is 33.3 Å². The van der Waals surface area contributed by atoms with E-state index in [1.807, 2.05) is 0 Å². The summed E-state index contributed by atoms with van der Waals surface area (Å²) in [6.07, 6.45) is 2.86. The van der Waals surface area contributed by atoms with Crippen LogP contribution in [0.4, 0.5) is 5.82 Å². The average Bonchev–Trinajstić information content (AvgIpc) is 2.22. The molecular weight excluding hydrogens is 277 g/mol. The maximum Gasteiger partial charge on any atom is 0.224 e. The molecule has 0 saturated heterocycles. The summed E-state index contributed by atoms with van der Waals surface area (Å²) < 4.78 is 0.860. The molecule has 3 atom stereocenters. The lowest BCUT2D eigenvalue weighted by Gasteiger charge is -2.41. The number of hydrogen-bond acceptors (Lipinski definition) is 3. The molecule has 3 unspecified atom stereocenters. The van der Waals surface area contributed by atoms with E-state index in [1.54, 1.807) is 6.20 Å². The molecule has 0 bridgehead atoms. The van der Waals surface area contributed by atoms with E-state index < -0.39 is 0 Å². The normalized spacial score (nSPS) is 29.7. The molecule has 2 rings (SSSR count). The second-order valence-corrected chi connectivity index (χ2v) is 5.35. The van der Waals surface area contributed by atoms with Crippen LogP contribution in [0.3, 0.4) is 0 Å². The molecule has 1 fully saturated rings. The number of hydrogen-bond donors (Lipinski definition) is 1. The monoisotopic (exact) mass is 289 g/mol. The van der Waals surface area contributed by atoms with Crippen LogP contribution in [-0.4, -0.2) is 16.0 Å². The number of nitrogens with one attached hydrogen (secondary N) is 1. The smallest absolute Gasteiger partial charge is 0.224 e. The second-order valence-electron chi connectivity index (χ2n) is 4.16. The molecule has 1 aliphatic carbocycles.